The van der Waals surface area contributed by atoms with Gasteiger partial charge >= 0.3 is 0 Å². The van der Waals surface area contributed by atoms with Gasteiger partial charge in [-0.05, 0) is 0 Å². The highest BCUT2D eigenvalue weighted by molar-refractivity contribution is 4.94. The summed E-state index contributed by atoms with van der Waals surface area (Å²) in [5.74, 6) is 0. The van der Waals surface area contributed by atoms with Crippen LogP contribution >= 0.6 is 0 Å². The van der Waals surface area contributed by atoms with Gasteiger partial charge in [0.1, 0.15) is 48.8 Å². The molecule has 2 rings (SSSR count). The van der Waals surface area contributed by atoms with Gasteiger partial charge in [-0.25, -0.2) is 0 Å². The van der Waals surface area contributed by atoms with Crippen LogP contribution in [0, 0.1) is 0 Å². The summed E-state index contributed by atoms with van der Waals surface area (Å²) in [5, 5.41) is 68.9. The van der Waals surface area contributed by atoms with Crippen LogP contribution in [0.1, 0.15) is 0 Å². The van der Waals surface area contributed by atoms with Crippen LogP contribution in [-0.2, 0) is 23.7 Å². The Kier molecular flexibility index (Phi) is 8.73. The molecule has 0 aromatic carbocycles. The molecule has 2 fully saturated rings. The highest BCUT2D eigenvalue weighted by Gasteiger charge is 2.50. The fourth-order valence-corrected chi connectivity index (χ4v) is 2.94. The van der Waals surface area contributed by atoms with E-state index in [0.717, 1.165) is 0 Å². The van der Waals surface area contributed by atoms with Crippen molar-refractivity contribution < 1.29 is 59.4 Å². The Labute approximate surface area is 155 Å². The van der Waals surface area contributed by atoms with Gasteiger partial charge in [0.15, 0.2) is 12.6 Å². The number of hydrogen-bond donors (Lipinski definition) is 7. The fourth-order valence-electron chi connectivity index (χ4n) is 2.94. The Morgan fingerprint density at radius 1 is 0.704 bits per heavy atom. The van der Waals surface area contributed by atoms with E-state index in [-0.39, 0.29) is 13.2 Å². The second-order valence-electron chi connectivity index (χ2n) is 6.37. The van der Waals surface area contributed by atoms with Crippen molar-refractivity contribution in [2.75, 3.05) is 33.5 Å². The molecule has 0 radical (unpaired) electrons. The van der Waals surface area contributed by atoms with Crippen molar-refractivity contribution in [1.29, 1.82) is 0 Å². The average molecular weight is 400 g/mol. The molecule has 0 saturated carbocycles. The summed E-state index contributed by atoms with van der Waals surface area (Å²) >= 11 is 0. The monoisotopic (exact) mass is 400 g/mol. The minimum Gasteiger partial charge on any atom is -0.394 e. The molecule has 2 heterocycles. The Morgan fingerprint density at radius 3 is 1.89 bits per heavy atom. The average Bonchev–Trinajstić information content (AvgIpc) is 2.67. The second-order valence-corrected chi connectivity index (χ2v) is 6.37. The normalized spacial score (nSPS) is 45.8. The summed E-state index contributed by atoms with van der Waals surface area (Å²) in [4.78, 5) is 0. The van der Waals surface area contributed by atoms with Crippen molar-refractivity contribution in [3.05, 3.63) is 0 Å². The summed E-state index contributed by atoms with van der Waals surface area (Å²) < 4.78 is 26.1. The van der Waals surface area contributed by atoms with Gasteiger partial charge in [0, 0.05) is 7.11 Å². The van der Waals surface area contributed by atoms with E-state index in [1.165, 1.54) is 7.11 Å². The summed E-state index contributed by atoms with van der Waals surface area (Å²) in [6.07, 6.45) is -14.6. The van der Waals surface area contributed by atoms with Crippen molar-refractivity contribution in [3.8, 4) is 0 Å². The summed E-state index contributed by atoms with van der Waals surface area (Å²) in [6, 6.07) is 0. The molecule has 2 aliphatic heterocycles. The third-order valence-electron chi connectivity index (χ3n) is 4.53. The van der Waals surface area contributed by atoms with Gasteiger partial charge in [-0.15, -0.1) is 0 Å². The highest BCUT2D eigenvalue weighted by Crippen LogP contribution is 2.29. The first kappa shape index (κ1) is 22.8. The van der Waals surface area contributed by atoms with Crippen LogP contribution in [-0.4, -0.2) is 131 Å². The van der Waals surface area contributed by atoms with E-state index >= 15 is 0 Å². The molecule has 0 aliphatic carbocycles. The summed E-state index contributed by atoms with van der Waals surface area (Å²) in [6.45, 7) is -0.982. The van der Waals surface area contributed by atoms with Gasteiger partial charge in [-0.3, -0.25) is 0 Å². The number of ether oxygens (including phenoxy) is 5. The lowest BCUT2D eigenvalue weighted by Crippen LogP contribution is -2.64. The maximum absolute atomic E-state index is 10.3. The second kappa shape index (κ2) is 10.3. The maximum atomic E-state index is 10.3. The van der Waals surface area contributed by atoms with Crippen LogP contribution in [0.5, 0.6) is 0 Å². The van der Waals surface area contributed by atoms with Crippen molar-refractivity contribution in [2.24, 2.45) is 0 Å². The van der Waals surface area contributed by atoms with E-state index in [4.69, 9.17) is 23.7 Å². The van der Waals surface area contributed by atoms with Crippen molar-refractivity contribution in [1.82, 2.24) is 0 Å². The molecule has 12 heteroatoms. The van der Waals surface area contributed by atoms with Gasteiger partial charge in [0.25, 0.3) is 0 Å². The van der Waals surface area contributed by atoms with Gasteiger partial charge in [0.05, 0.1) is 26.4 Å². The molecular formula is C15H28O12. The Morgan fingerprint density at radius 2 is 1.30 bits per heavy atom. The molecule has 0 amide bonds. The largest absolute Gasteiger partial charge is 0.394 e. The standard InChI is InChI=1S/C15H28O12/c1-23-2-3-24-14-12(22)10(20)13(7(5-17)26-14)27-15-11(21)9(19)8(18)6(4-16)25-15/h6-22H,2-5H2,1H3/t6?,7?,8-,9?,10?,11?,12?,13+,14+,15-/m0/s1. The van der Waals surface area contributed by atoms with Gasteiger partial charge in [-0.2, -0.15) is 0 Å². The topological polar surface area (TPSA) is 188 Å². The minimum absolute atomic E-state index is 0.0708. The predicted molar refractivity (Wildman–Crippen MR) is 84.2 cm³/mol. The van der Waals surface area contributed by atoms with E-state index in [2.05, 4.69) is 0 Å². The summed E-state index contributed by atoms with van der Waals surface area (Å²) in [7, 11) is 1.46. The molecule has 2 aliphatic rings. The Hall–Kier alpha value is -0.480. The van der Waals surface area contributed by atoms with Crippen LogP contribution in [0.15, 0.2) is 0 Å². The van der Waals surface area contributed by atoms with E-state index in [9.17, 15) is 35.7 Å². The lowest BCUT2D eigenvalue weighted by Gasteiger charge is -2.45. The first-order chi connectivity index (χ1) is 12.8. The SMILES string of the molecule is COCCO[C@@H]1OC(CO)[C@@H](O[C@@H]2OC(CO)[C@H](O)C(O)C2O)C(O)C1O. The third-order valence-corrected chi connectivity index (χ3v) is 4.53. The number of hydrogen-bond acceptors (Lipinski definition) is 12. The van der Waals surface area contributed by atoms with Crippen LogP contribution in [0.4, 0.5) is 0 Å². The molecule has 0 aromatic rings. The van der Waals surface area contributed by atoms with Gasteiger partial charge in [0.2, 0.25) is 0 Å². The molecule has 0 aromatic heterocycles. The van der Waals surface area contributed by atoms with E-state index in [1.807, 2.05) is 0 Å². The van der Waals surface area contributed by atoms with E-state index in [1.54, 1.807) is 0 Å². The van der Waals surface area contributed by atoms with E-state index < -0.39 is 74.6 Å². The molecule has 12 nitrogen and oxygen atoms in total. The number of aliphatic hydroxyl groups is 7. The molecule has 27 heavy (non-hydrogen) atoms. The fraction of sp³-hybridized carbons (Fsp3) is 1.00. The van der Waals surface area contributed by atoms with Crippen LogP contribution in [0.3, 0.4) is 0 Å². The van der Waals surface area contributed by atoms with E-state index in [0.29, 0.717) is 0 Å². The molecule has 160 valence electrons. The third kappa shape index (κ3) is 5.12. The molecule has 6 unspecified atom stereocenters. The molecule has 0 spiro atoms. The van der Waals surface area contributed by atoms with Crippen molar-refractivity contribution >= 4 is 0 Å². The number of rotatable bonds is 8. The minimum atomic E-state index is -1.71. The summed E-state index contributed by atoms with van der Waals surface area (Å²) in [5.41, 5.74) is 0. The molecule has 0 bridgehead atoms. The quantitative estimate of drug-likeness (QED) is 0.193. The molecule has 10 atom stereocenters. The number of aliphatic hydroxyl groups excluding tert-OH is 7. The van der Waals surface area contributed by atoms with Gasteiger partial charge in [-0.1, -0.05) is 0 Å². The first-order valence-electron chi connectivity index (χ1n) is 8.54. The van der Waals surface area contributed by atoms with Gasteiger partial charge < -0.3 is 59.4 Å². The van der Waals surface area contributed by atoms with Crippen molar-refractivity contribution in [2.45, 2.75) is 61.4 Å². The molecular weight excluding hydrogens is 372 g/mol. The lowest BCUT2D eigenvalue weighted by molar-refractivity contribution is -0.359. The number of methoxy groups -OCH3 is 1. The lowest BCUT2D eigenvalue weighted by atomic mass is 9.97. The Bertz CT molecular complexity index is 435. The van der Waals surface area contributed by atoms with Crippen LogP contribution < -0.4 is 0 Å². The van der Waals surface area contributed by atoms with Crippen LogP contribution in [0.25, 0.3) is 0 Å². The molecule has 2 saturated heterocycles. The zero-order valence-electron chi connectivity index (χ0n) is 14.8. The molecule has 7 N–H and O–H groups in total. The first-order valence-corrected chi connectivity index (χ1v) is 8.54. The maximum Gasteiger partial charge on any atom is 0.187 e. The predicted octanol–water partition coefficient (Wildman–Crippen LogP) is -4.73. The zero-order chi connectivity index (χ0) is 20.1. The van der Waals surface area contributed by atoms with Crippen LogP contribution in [0.2, 0.25) is 0 Å². The zero-order valence-corrected chi connectivity index (χ0v) is 14.8. The smallest absolute Gasteiger partial charge is 0.187 e. The van der Waals surface area contributed by atoms with Crippen molar-refractivity contribution in [3.63, 3.8) is 0 Å². The highest BCUT2D eigenvalue weighted by atomic mass is 16.7. The Balaban J connectivity index is 2.06.